The molecule has 0 unspecified atom stereocenters. The third-order valence-corrected chi connectivity index (χ3v) is 4.53. The Morgan fingerprint density at radius 2 is 1.69 bits per heavy atom. The zero-order chi connectivity index (χ0) is 19.1. The minimum Gasteiger partial charge on any atom is -0.369 e. The summed E-state index contributed by atoms with van der Waals surface area (Å²) in [5.41, 5.74) is 8.77. The SMILES string of the molecule is NC1=NC2(CCCCC2)N(c2cc(F)c([N+](=O)[O-])cc2[N+](=O)[O-])C(N)=N1. The molecule has 1 fully saturated rings. The molecule has 0 radical (unpaired) electrons. The van der Waals surface area contributed by atoms with Gasteiger partial charge in [0.25, 0.3) is 5.69 Å². The van der Waals surface area contributed by atoms with E-state index in [-0.39, 0.29) is 17.6 Å². The molecule has 1 aromatic carbocycles. The number of benzene rings is 1. The Labute approximate surface area is 146 Å². The van der Waals surface area contributed by atoms with E-state index in [1.54, 1.807) is 0 Å². The van der Waals surface area contributed by atoms with Crippen LogP contribution in [0.2, 0.25) is 0 Å². The fraction of sp³-hybridized carbons (Fsp3) is 0.429. The van der Waals surface area contributed by atoms with E-state index in [9.17, 15) is 24.6 Å². The smallest absolute Gasteiger partial charge is 0.311 e. The topological polar surface area (TPSA) is 166 Å². The van der Waals surface area contributed by atoms with Crippen molar-refractivity contribution in [1.29, 1.82) is 0 Å². The van der Waals surface area contributed by atoms with Crippen molar-refractivity contribution in [2.75, 3.05) is 4.90 Å². The summed E-state index contributed by atoms with van der Waals surface area (Å²) >= 11 is 0. The monoisotopic (exact) mass is 365 g/mol. The van der Waals surface area contributed by atoms with E-state index in [4.69, 9.17) is 11.5 Å². The van der Waals surface area contributed by atoms with Crippen LogP contribution in [0.1, 0.15) is 32.1 Å². The Kier molecular flexibility index (Phi) is 4.18. The predicted octanol–water partition coefficient (Wildman–Crippen LogP) is 1.75. The van der Waals surface area contributed by atoms with Gasteiger partial charge < -0.3 is 11.5 Å². The van der Waals surface area contributed by atoms with E-state index >= 15 is 0 Å². The molecule has 1 aliphatic carbocycles. The standard InChI is InChI=1S/C14H16FN7O4/c15-8-6-10(11(22(25)26)7-9(8)21(23)24)20-13(17)18-12(16)19-14(20)4-2-1-3-5-14/h6-7H,1-5H2,(H4,16,17,18,19). The molecule has 0 atom stereocenters. The summed E-state index contributed by atoms with van der Waals surface area (Å²) in [6.07, 6.45) is 3.45. The number of anilines is 1. The Bertz CT molecular complexity index is 848. The molecule has 0 bridgehead atoms. The van der Waals surface area contributed by atoms with Gasteiger partial charge in [0.15, 0.2) is 0 Å². The molecule has 1 aromatic rings. The van der Waals surface area contributed by atoms with E-state index < -0.39 is 32.7 Å². The molecule has 0 amide bonds. The maximum absolute atomic E-state index is 14.2. The van der Waals surface area contributed by atoms with Crippen LogP contribution in [0.5, 0.6) is 0 Å². The number of aliphatic imine (C=N–C) groups is 2. The lowest BCUT2D eigenvalue weighted by Crippen LogP contribution is -2.58. The fourth-order valence-electron chi connectivity index (χ4n) is 3.48. The van der Waals surface area contributed by atoms with Crippen molar-refractivity contribution in [3.8, 4) is 0 Å². The van der Waals surface area contributed by atoms with Crippen molar-refractivity contribution in [2.45, 2.75) is 37.8 Å². The van der Waals surface area contributed by atoms with Crippen LogP contribution in [0.3, 0.4) is 0 Å². The largest absolute Gasteiger partial charge is 0.369 e. The van der Waals surface area contributed by atoms with Crippen molar-refractivity contribution in [3.05, 3.63) is 38.2 Å². The quantitative estimate of drug-likeness (QED) is 0.607. The van der Waals surface area contributed by atoms with E-state index in [2.05, 4.69) is 9.98 Å². The highest BCUT2D eigenvalue weighted by atomic mass is 19.1. The molecule has 1 aliphatic heterocycles. The lowest BCUT2D eigenvalue weighted by Gasteiger charge is -2.45. The van der Waals surface area contributed by atoms with Crippen molar-refractivity contribution in [2.24, 2.45) is 21.5 Å². The number of guanidine groups is 2. The van der Waals surface area contributed by atoms with Crippen molar-refractivity contribution in [1.82, 2.24) is 0 Å². The van der Waals surface area contributed by atoms with Gasteiger partial charge in [0.05, 0.1) is 15.9 Å². The average molecular weight is 365 g/mol. The van der Waals surface area contributed by atoms with Gasteiger partial charge in [-0.15, -0.1) is 0 Å². The fourth-order valence-corrected chi connectivity index (χ4v) is 3.48. The number of nitrogens with zero attached hydrogens (tertiary/aromatic N) is 5. The lowest BCUT2D eigenvalue weighted by atomic mass is 9.87. The zero-order valence-corrected chi connectivity index (χ0v) is 13.6. The molecule has 0 saturated heterocycles. The van der Waals surface area contributed by atoms with Gasteiger partial charge in [0.1, 0.15) is 11.4 Å². The molecule has 1 spiro atoms. The number of halogens is 1. The highest BCUT2D eigenvalue weighted by molar-refractivity contribution is 6.06. The first-order chi connectivity index (χ1) is 12.2. The summed E-state index contributed by atoms with van der Waals surface area (Å²) < 4.78 is 14.2. The van der Waals surface area contributed by atoms with Crippen molar-refractivity contribution >= 4 is 29.0 Å². The highest BCUT2D eigenvalue weighted by Gasteiger charge is 2.45. The molecule has 11 nitrogen and oxygen atoms in total. The summed E-state index contributed by atoms with van der Waals surface area (Å²) in [6.45, 7) is 0. The number of nitrogens with two attached hydrogens (primary N) is 2. The second kappa shape index (κ2) is 6.20. The minimum absolute atomic E-state index is 0.0642. The maximum atomic E-state index is 14.2. The molecule has 3 rings (SSSR count). The van der Waals surface area contributed by atoms with E-state index in [0.29, 0.717) is 18.9 Å². The normalized spacial score (nSPS) is 19.0. The van der Waals surface area contributed by atoms with Crippen LogP contribution >= 0.6 is 0 Å². The molecular weight excluding hydrogens is 349 g/mol. The number of rotatable bonds is 3. The second-order valence-electron chi connectivity index (χ2n) is 6.13. The van der Waals surface area contributed by atoms with Gasteiger partial charge >= 0.3 is 5.69 Å². The number of nitro benzene ring substituents is 2. The number of hydrogen-bond donors (Lipinski definition) is 2. The van der Waals surface area contributed by atoms with Gasteiger partial charge in [-0.25, -0.2) is 4.99 Å². The summed E-state index contributed by atoms with van der Waals surface area (Å²) in [6, 6.07) is 1.31. The van der Waals surface area contributed by atoms with Gasteiger partial charge in [-0.2, -0.15) is 9.38 Å². The van der Waals surface area contributed by atoms with Crippen LogP contribution in [0.15, 0.2) is 22.1 Å². The highest BCUT2D eigenvalue weighted by Crippen LogP contribution is 2.44. The average Bonchev–Trinajstić information content (AvgIpc) is 2.54. The molecule has 1 saturated carbocycles. The number of nitro groups is 2. The van der Waals surface area contributed by atoms with Gasteiger partial charge in [-0.05, 0) is 25.7 Å². The van der Waals surface area contributed by atoms with Gasteiger partial charge in [0, 0.05) is 6.07 Å². The number of hydrogen-bond acceptors (Lipinski definition) is 9. The Balaban J connectivity index is 2.23. The minimum atomic E-state index is -1.21. The van der Waals surface area contributed by atoms with Gasteiger partial charge in [-0.1, -0.05) is 6.42 Å². The molecule has 26 heavy (non-hydrogen) atoms. The molecule has 0 aromatic heterocycles. The molecule has 1 heterocycles. The molecule has 4 N–H and O–H groups in total. The lowest BCUT2D eigenvalue weighted by molar-refractivity contribution is -0.395. The van der Waals surface area contributed by atoms with Crippen molar-refractivity contribution < 1.29 is 14.2 Å². The summed E-state index contributed by atoms with van der Waals surface area (Å²) in [4.78, 5) is 30.0. The zero-order valence-electron chi connectivity index (χ0n) is 13.6. The molecule has 2 aliphatic rings. The third kappa shape index (κ3) is 2.78. The first-order valence-electron chi connectivity index (χ1n) is 7.87. The van der Waals surface area contributed by atoms with Crippen LogP contribution in [0.25, 0.3) is 0 Å². The van der Waals surface area contributed by atoms with Crippen LogP contribution in [-0.4, -0.2) is 27.4 Å². The molecule has 12 heteroatoms. The first-order valence-corrected chi connectivity index (χ1v) is 7.87. The molecule has 138 valence electrons. The van der Waals surface area contributed by atoms with Gasteiger partial charge in [-0.3, -0.25) is 25.1 Å². The predicted molar refractivity (Wildman–Crippen MR) is 91.2 cm³/mol. The van der Waals surface area contributed by atoms with Crippen LogP contribution < -0.4 is 16.4 Å². The Hall–Kier alpha value is -3.31. The van der Waals surface area contributed by atoms with Crippen molar-refractivity contribution in [3.63, 3.8) is 0 Å². The van der Waals surface area contributed by atoms with Crippen LogP contribution in [0.4, 0.5) is 21.5 Å². The van der Waals surface area contributed by atoms with E-state index in [0.717, 1.165) is 25.3 Å². The summed E-state index contributed by atoms with van der Waals surface area (Å²) in [5.74, 6) is -1.45. The van der Waals surface area contributed by atoms with E-state index in [1.165, 1.54) is 4.90 Å². The third-order valence-electron chi connectivity index (χ3n) is 4.53. The maximum Gasteiger partial charge on any atom is 0.311 e. The first kappa shape index (κ1) is 17.5. The van der Waals surface area contributed by atoms with Gasteiger partial charge in [0.2, 0.25) is 17.7 Å². The van der Waals surface area contributed by atoms with Crippen LogP contribution in [0, 0.1) is 26.0 Å². The van der Waals surface area contributed by atoms with E-state index in [1.807, 2.05) is 0 Å². The summed E-state index contributed by atoms with van der Waals surface area (Å²) in [5, 5.41) is 22.4. The Morgan fingerprint density at radius 3 is 2.27 bits per heavy atom. The van der Waals surface area contributed by atoms with Crippen LogP contribution in [-0.2, 0) is 0 Å². The Morgan fingerprint density at radius 1 is 1.08 bits per heavy atom. The molecular formula is C14H16FN7O4. The second-order valence-corrected chi connectivity index (χ2v) is 6.13. The summed E-state index contributed by atoms with van der Waals surface area (Å²) in [7, 11) is 0.